The van der Waals surface area contributed by atoms with Gasteiger partial charge < -0.3 is 15.4 Å². The Bertz CT molecular complexity index is 370. The van der Waals surface area contributed by atoms with Crippen molar-refractivity contribution in [2.75, 3.05) is 30.3 Å². The third-order valence-electron chi connectivity index (χ3n) is 2.08. The molecule has 0 saturated heterocycles. The molecule has 0 spiro atoms. The van der Waals surface area contributed by atoms with E-state index in [9.17, 15) is 4.79 Å². The van der Waals surface area contributed by atoms with Crippen LogP contribution < -0.4 is 10.6 Å². The first-order valence-corrected chi connectivity index (χ1v) is 5.65. The first kappa shape index (κ1) is 13.2. The molecule has 0 saturated carbocycles. The maximum atomic E-state index is 11.4. The number of nitrogen functional groups attached to an aromatic ring is 1. The van der Waals surface area contributed by atoms with Gasteiger partial charge in [-0.05, 0) is 13.3 Å². The van der Waals surface area contributed by atoms with Gasteiger partial charge in [-0.15, -0.1) is 0 Å². The normalized spacial score (nSPS) is 10.0. The Morgan fingerprint density at radius 3 is 2.82 bits per heavy atom. The molecule has 0 bridgehead atoms. The molecular weight excluding hydrogens is 220 g/mol. The van der Waals surface area contributed by atoms with E-state index in [4.69, 9.17) is 10.5 Å². The molecule has 1 heterocycles. The van der Waals surface area contributed by atoms with Crippen molar-refractivity contribution < 1.29 is 9.53 Å². The first-order chi connectivity index (χ1) is 8.17. The topological polar surface area (TPSA) is 81.3 Å². The van der Waals surface area contributed by atoms with E-state index in [-0.39, 0.29) is 12.5 Å². The fourth-order valence-corrected chi connectivity index (χ4v) is 1.43. The minimum absolute atomic E-state index is 0.166. The van der Waals surface area contributed by atoms with Crippen molar-refractivity contribution in [2.45, 2.75) is 20.3 Å². The lowest BCUT2D eigenvalue weighted by molar-refractivity contribution is -0.141. The summed E-state index contributed by atoms with van der Waals surface area (Å²) in [7, 11) is 0. The molecule has 17 heavy (non-hydrogen) atoms. The molecule has 1 aromatic rings. The molecule has 6 nitrogen and oxygen atoms in total. The Morgan fingerprint density at radius 1 is 1.47 bits per heavy atom. The summed E-state index contributed by atoms with van der Waals surface area (Å²) < 4.78 is 4.91. The van der Waals surface area contributed by atoms with Crippen LogP contribution in [-0.4, -0.2) is 35.6 Å². The molecule has 1 aromatic heterocycles. The summed E-state index contributed by atoms with van der Waals surface area (Å²) >= 11 is 0. The highest BCUT2D eigenvalue weighted by Crippen LogP contribution is 2.11. The second-order valence-electron chi connectivity index (χ2n) is 3.53. The number of aromatic nitrogens is 2. The SMILES string of the molecule is CCCN(CC(=O)OCC)c1cncc(N)n1. The lowest BCUT2D eigenvalue weighted by Gasteiger charge is -2.21. The van der Waals surface area contributed by atoms with Gasteiger partial charge in [-0.3, -0.25) is 9.78 Å². The Kier molecular flexibility index (Phi) is 5.19. The first-order valence-electron chi connectivity index (χ1n) is 5.65. The Hall–Kier alpha value is -1.85. The van der Waals surface area contributed by atoms with Gasteiger partial charge in [-0.25, -0.2) is 4.98 Å². The summed E-state index contributed by atoms with van der Waals surface area (Å²) in [6, 6.07) is 0. The highest BCUT2D eigenvalue weighted by Gasteiger charge is 2.13. The van der Waals surface area contributed by atoms with Crippen LogP contribution in [0, 0.1) is 0 Å². The maximum absolute atomic E-state index is 11.4. The van der Waals surface area contributed by atoms with Crippen molar-refractivity contribution in [1.29, 1.82) is 0 Å². The summed E-state index contributed by atoms with van der Waals surface area (Å²) in [5.74, 6) is 0.664. The lowest BCUT2D eigenvalue weighted by atomic mass is 10.4. The van der Waals surface area contributed by atoms with Crippen LogP contribution in [0.5, 0.6) is 0 Å². The van der Waals surface area contributed by atoms with Gasteiger partial charge in [0.2, 0.25) is 0 Å². The minimum atomic E-state index is -0.273. The summed E-state index contributed by atoms with van der Waals surface area (Å²) in [6.45, 7) is 5.05. The van der Waals surface area contributed by atoms with Crippen LogP contribution >= 0.6 is 0 Å². The Labute approximate surface area is 101 Å². The number of nitrogens with zero attached hydrogens (tertiary/aromatic N) is 3. The zero-order chi connectivity index (χ0) is 12.7. The second kappa shape index (κ2) is 6.67. The molecule has 1 rings (SSSR count). The number of hydrogen-bond acceptors (Lipinski definition) is 6. The molecule has 0 aliphatic heterocycles. The maximum Gasteiger partial charge on any atom is 0.325 e. The summed E-state index contributed by atoms with van der Waals surface area (Å²) in [5.41, 5.74) is 5.57. The molecule has 0 amide bonds. The van der Waals surface area contributed by atoms with Crippen molar-refractivity contribution >= 4 is 17.6 Å². The van der Waals surface area contributed by atoms with E-state index < -0.39 is 0 Å². The predicted molar refractivity (Wildman–Crippen MR) is 65.6 cm³/mol. The third-order valence-corrected chi connectivity index (χ3v) is 2.08. The highest BCUT2D eigenvalue weighted by molar-refractivity contribution is 5.75. The zero-order valence-electron chi connectivity index (χ0n) is 10.2. The molecule has 0 aromatic carbocycles. The zero-order valence-corrected chi connectivity index (χ0v) is 10.2. The van der Waals surface area contributed by atoms with Crippen molar-refractivity contribution in [2.24, 2.45) is 0 Å². The van der Waals surface area contributed by atoms with E-state index >= 15 is 0 Å². The smallest absolute Gasteiger partial charge is 0.325 e. The number of carbonyl (C=O) groups is 1. The molecule has 0 atom stereocenters. The number of ether oxygens (including phenoxy) is 1. The van der Waals surface area contributed by atoms with E-state index in [1.54, 1.807) is 18.0 Å². The van der Waals surface area contributed by atoms with Crippen LogP contribution in [0.2, 0.25) is 0 Å². The number of carbonyl (C=O) groups excluding carboxylic acids is 1. The standard InChI is InChI=1S/C11H18N4O2/c1-3-5-15(8-11(16)17-4-2)10-7-13-6-9(12)14-10/h6-7H,3-5,8H2,1-2H3,(H2,12,14). The molecule has 94 valence electrons. The van der Waals surface area contributed by atoms with Crippen molar-refractivity contribution in [3.8, 4) is 0 Å². The summed E-state index contributed by atoms with van der Waals surface area (Å²) in [5, 5.41) is 0. The van der Waals surface area contributed by atoms with E-state index in [2.05, 4.69) is 9.97 Å². The molecular formula is C11H18N4O2. The van der Waals surface area contributed by atoms with Crippen molar-refractivity contribution in [3.05, 3.63) is 12.4 Å². The Morgan fingerprint density at radius 2 is 2.24 bits per heavy atom. The molecule has 0 unspecified atom stereocenters. The monoisotopic (exact) mass is 238 g/mol. The average molecular weight is 238 g/mol. The minimum Gasteiger partial charge on any atom is -0.465 e. The number of hydrogen-bond donors (Lipinski definition) is 1. The molecule has 0 aliphatic carbocycles. The van der Waals surface area contributed by atoms with Crippen molar-refractivity contribution in [3.63, 3.8) is 0 Å². The quantitative estimate of drug-likeness (QED) is 0.739. The predicted octanol–water partition coefficient (Wildman–Crippen LogP) is 0.838. The third kappa shape index (κ3) is 4.26. The fraction of sp³-hybridized carbons (Fsp3) is 0.545. The van der Waals surface area contributed by atoms with Gasteiger partial charge in [0.1, 0.15) is 18.2 Å². The average Bonchev–Trinajstić information content (AvgIpc) is 2.29. The van der Waals surface area contributed by atoms with Gasteiger partial charge >= 0.3 is 5.97 Å². The highest BCUT2D eigenvalue weighted by atomic mass is 16.5. The number of rotatable bonds is 6. The molecule has 6 heteroatoms. The van der Waals surface area contributed by atoms with Crippen LogP contribution in [0.1, 0.15) is 20.3 Å². The summed E-state index contributed by atoms with van der Waals surface area (Å²) in [4.78, 5) is 21.3. The number of nitrogens with two attached hydrogens (primary N) is 1. The van der Waals surface area contributed by atoms with E-state index in [1.165, 1.54) is 6.20 Å². The van der Waals surface area contributed by atoms with Crippen molar-refractivity contribution in [1.82, 2.24) is 9.97 Å². The largest absolute Gasteiger partial charge is 0.465 e. The van der Waals surface area contributed by atoms with Crippen LogP contribution in [0.3, 0.4) is 0 Å². The van der Waals surface area contributed by atoms with E-state index in [0.29, 0.717) is 24.8 Å². The van der Waals surface area contributed by atoms with Gasteiger partial charge in [0, 0.05) is 6.54 Å². The molecule has 0 fully saturated rings. The number of esters is 1. The van der Waals surface area contributed by atoms with Crippen LogP contribution in [-0.2, 0) is 9.53 Å². The fourth-order valence-electron chi connectivity index (χ4n) is 1.43. The van der Waals surface area contributed by atoms with E-state index in [1.807, 2.05) is 6.92 Å². The van der Waals surface area contributed by atoms with Gasteiger partial charge in [0.25, 0.3) is 0 Å². The van der Waals surface area contributed by atoms with Gasteiger partial charge in [-0.1, -0.05) is 6.92 Å². The lowest BCUT2D eigenvalue weighted by Crippen LogP contribution is -2.32. The molecule has 0 aliphatic rings. The van der Waals surface area contributed by atoms with Gasteiger partial charge in [0.15, 0.2) is 0 Å². The number of anilines is 2. The molecule has 0 radical (unpaired) electrons. The second-order valence-corrected chi connectivity index (χ2v) is 3.53. The van der Waals surface area contributed by atoms with Gasteiger partial charge in [0.05, 0.1) is 19.0 Å². The van der Waals surface area contributed by atoms with Crippen LogP contribution in [0.4, 0.5) is 11.6 Å². The van der Waals surface area contributed by atoms with Crippen LogP contribution in [0.15, 0.2) is 12.4 Å². The van der Waals surface area contributed by atoms with E-state index in [0.717, 1.165) is 6.42 Å². The van der Waals surface area contributed by atoms with Crippen LogP contribution in [0.25, 0.3) is 0 Å². The van der Waals surface area contributed by atoms with Gasteiger partial charge in [-0.2, -0.15) is 0 Å². The Balaban J connectivity index is 2.74. The molecule has 2 N–H and O–H groups in total. The summed E-state index contributed by atoms with van der Waals surface area (Å²) in [6.07, 6.45) is 3.96.